The van der Waals surface area contributed by atoms with Crippen molar-refractivity contribution in [1.82, 2.24) is 10.2 Å². The van der Waals surface area contributed by atoms with Crippen molar-refractivity contribution < 1.29 is 28.0 Å². The molecule has 12 heteroatoms. The van der Waals surface area contributed by atoms with E-state index >= 15 is 0 Å². The topological polar surface area (TPSA) is 102 Å². The molecule has 1 aliphatic heterocycles. The molecule has 8 nitrogen and oxygen atoms in total. The molecule has 0 spiro atoms. The number of rotatable bonds is 8. The van der Waals surface area contributed by atoms with Crippen LogP contribution in [0, 0.1) is 0 Å². The second-order valence-corrected chi connectivity index (χ2v) is 10.1. The van der Waals surface area contributed by atoms with Crippen molar-refractivity contribution in [2.75, 3.05) is 19.8 Å². The number of nitrogens with zero attached hydrogens (tertiary/aromatic N) is 1. The van der Waals surface area contributed by atoms with Gasteiger partial charge in [0.2, 0.25) is 9.70 Å². The van der Waals surface area contributed by atoms with Crippen molar-refractivity contribution in [1.29, 1.82) is 0 Å². The van der Waals surface area contributed by atoms with E-state index in [2.05, 4.69) is 5.32 Å². The molecule has 28 heavy (non-hydrogen) atoms. The van der Waals surface area contributed by atoms with Crippen molar-refractivity contribution in [3.05, 3.63) is 35.4 Å². The van der Waals surface area contributed by atoms with Crippen molar-refractivity contribution in [3.63, 3.8) is 0 Å². The minimum Gasteiger partial charge on any atom is -0.337 e. The van der Waals surface area contributed by atoms with Gasteiger partial charge < -0.3 is 14.4 Å². The zero-order chi connectivity index (χ0) is 21.1. The van der Waals surface area contributed by atoms with Crippen LogP contribution in [-0.4, -0.2) is 52.0 Å². The molecule has 1 N–H and O–H groups in total. The fourth-order valence-electron chi connectivity index (χ4n) is 2.61. The summed E-state index contributed by atoms with van der Waals surface area (Å²) in [5, 5.41) is 2.27. The number of fused-ring (bicyclic) bond motifs is 1. The number of imide groups is 1. The molecule has 0 saturated heterocycles. The monoisotopic (exact) mass is 470 g/mol. The van der Waals surface area contributed by atoms with Crippen LogP contribution in [-0.2, 0) is 18.4 Å². The number of benzene rings is 1. The van der Waals surface area contributed by atoms with Gasteiger partial charge in [-0.05, 0) is 26.0 Å². The maximum Gasteiger partial charge on any atom is 0.357 e. The number of alkyl halides is 3. The van der Waals surface area contributed by atoms with Gasteiger partial charge in [0, 0.05) is 0 Å². The summed E-state index contributed by atoms with van der Waals surface area (Å²) in [7, 11) is -4.05. The largest absolute Gasteiger partial charge is 0.357 e. The highest BCUT2D eigenvalue weighted by Gasteiger charge is 2.50. The summed E-state index contributed by atoms with van der Waals surface area (Å²) < 4.78 is 21.0. The zero-order valence-electron chi connectivity index (χ0n) is 15.0. The highest BCUT2D eigenvalue weighted by Crippen LogP contribution is 2.58. The molecule has 2 rings (SSSR count). The molecular weight excluding hydrogens is 454 g/mol. The van der Waals surface area contributed by atoms with E-state index in [1.54, 1.807) is 26.0 Å². The van der Waals surface area contributed by atoms with Gasteiger partial charge in [0.1, 0.15) is 6.54 Å². The van der Waals surface area contributed by atoms with Gasteiger partial charge in [-0.2, -0.15) is 0 Å². The van der Waals surface area contributed by atoms with Crippen molar-refractivity contribution >= 4 is 60.1 Å². The van der Waals surface area contributed by atoms with E-state index in [1.165, 1.54) is 12.1 Å². The van der Waals surface area contributed by atoms with Crippen LogP contribution in [0.1, 0.15) is 34.6 Å². The molecule has 1 heterocycles. The number of carbonyl (C=O) groups is 3. The van der Waals surface area contributed by atoms with Crippen molar-refractivity contribution in [2.45, 2.75) is 23.4 Å². The van der Waals surface area contributed by atoms with Gasteiger partial charge in [-0.1, -0.05) is 46.9 Å². The van der Waals surface area contributed by atoms with Crippen LogP contribution in [0.2, 0.25) is 0 Å². The van der Waals surface area contributed by atoms with Gasteiger partial charge in [0.25, 0.3) is 11.8 Å². The quantitative estimate of drug-likeness (QED) is 0.354. The van der Waals surface area contributed by atoms with E-state index in [1.807, 2.05) is 0 Å². The van der Waals surface area contributed by atoms with Crippen molar-refractivity contribution in [2.24, 2.45) is 0 Å². The molecule has 1 atom stereocenters. The van der Waals surface area contributed by atoms with Crippen LogP contribution in [0.15, 0.2) is 24.3 Å². The summed E-state index contributed by atoms with van der Waals surface area (Å²) >= 11 is 17.6. The van der Waals surface area contributed by atoms with E-state index in [0.717, 1.165) is 4.90 Å². The minimum absolute atomic E-state index is 0.0250. The maximum atomic E-state index is 13.0. The van der Waals surface area contributed by atoms with E-state index in [-0.39, 0.29) is 24.3 Å². The lowest BCUT2D eigenvalue weighted by molar-refractivity contribution is -0.121. The molecule has 154 valence electrons. The SMILES string of the molecule is CCOP(=O)(OCC)C(NC(=O)CN1C(=O)c2ccccc2C1=O)C(Cl)(Cl)Cl. The third kappa shape index (κ3) is 4.87. The summed E-state index contributed by atoms with van der Waals surface area (Å²) in [5.41, 5.74) is 0.375. The standard InChI is InChI=1S/C16H18Cl3N2O6P/c1-3-26-28(25,27-4-2)15(16(17,18)19)20-12(22)9-21-13(23)10-7-5-6-8-11(10)14(21)24/h5-8,15H,3-4,9H2,1-2H3,(H,20,22). The highest BCUT2D eigenvalue weighted by molar-refractivity contribution is 7.55. The molecule has 0 bridgehead atoms. The van der Waals surface area contributed by atoms with Gasteiger partial charge in [0.05, 0.1) is 24.3 Å². The molecule has 1 aromatic carbocycles. The number of hydrogen-bond donors (Lipinski definition) is 1. The number of amides is 3. The van der Waals surface area contributed by atoms with Gasteiger partial charge >= 0.3 is 7.60 Å². The first kappa shape index (κ1) is 23.1. The Balaban J connectivity index is 2.20. The lowest BCUT2D eigenvalue weighted by Gasteiger charge is -2.31. The molecule has 0 aliphatic carbocycles. The molecule has 3 amide bonds. The predicted molar refractivity (Wildman–Crippen MR) is 105 cm³/mol. The Kier molecular flexibility index (Phi) is 7.53. The van der Waals surface area contributed by atoms with E-state index in [0.29, 0.717) is 0 Å². The smallest absolute Gasteiger partial charge is 0.337 e. The van der Waals surface area contributed by atoms with E-state index in [9.17, 15) is 18.9 Å². The second-order valence-electron chi connectivity index (χ2n) is 5.63. The lowest BCUT2D eigenvalue weighted by atomic mass is 10.1. The lowest BCUT2D eigenvalue weighted by Crippen LogP contribution is -2.49. The molecule has 0 aromatic heterocycles. The number of nitrogens with one attached hydrogen (secondary N) is 1. The molecule has 1 aromatic rings. The Morgan fingerprint density at radius 3 is 1.96 bits per heavy atom. The van der Waals surface area contributed by atoms with Crippen molar-refractivity contribution in [3.8, 4) is 0 Å². The first-order valence-electron chi connectivity index (χ1n) is 8.25. The third-order valence-corrected chi connectivity index (χ3v) is 7.22. The second kappa shape index (κ2) is 9.11. The van der Waals surface area contributed by atoms with Crippen LogP contribution in [0.4, 0.5) is 0 Å². The van der Waals surface area contributed by atoms with Crippen LogP contribution in [0.3, 0.4) is 0 Å². The predicted octanol–water partition coefficient (Wildman–Crippen LogP) is 3.36. The minimum atomic E-state index is -4.05. The zero-order valence-corrected chi connectivity index (χ0v) is 18.1. The van der Waals surface area contributed by atoms with E-state index in [4.69, 9.17) is 43.9 Å². The van der Waals surface area contributed by atoms with Crippen LogP contribution >= 0.6 is 42.4 Å². The van der Waals surface area contributed by atoms with Gasteiger partial charge in [0.15, 0.2) is 5.78 Å². The first-order chi connectivity index (χ1) is 13.0. The van der Waals surface area contributed by atoms with Crippen LogP contribution < -0.4 is 5.32 Å². The van der Waals surface area contributed by atoms with Gasteiger partial charge in [-0.25, -0.2) is 0 Å². The molecule has 0 fully saturated rings. The Labute approximate surface area is 176 Å². The molecular formula is C16H18Cl3N2O6P. The Bertz CT molecular complexity index is 784. The Hall–Kier alpha value is -1.15. The summed E-state index contributed by atoms with van der Waals surface area (Å²) in [4.78, 5) is 38.0. The molecule has 1 unspecified atom stereocenters. The summed E-state index contributed by atoms with van der Waals surface area (Å²) in [6, 6.07) is 6.17. The first-order valence-corrected chi connectivity index (χ1v) is 11.0. The number of halogens is 3. The van der Waals surface area contributed by atoms with Gasteiger partial charge in [-0.3, -0.25) is 23.8 Å². The maximum absolute atomic E-state index is 13.0. The summed E-state index contributed by atoms with van der Waals surface area (Å²) in [6.45, 7) is 2.41. The Morgan fingerprint density at radius 1 is 1.11 bits per heavy atom. The summed E-state index contributed by atoms with van der Waals surface area (Å²) in [6.07, 6.45) is 0. The fourth-order valence-corrected chi connectivity index (χ4v) is 5.60. The molecule has 0 saturated carbocycles. The summed E-state index contributed by atoms with van der Waals surface area (Å²) in [5.74, 6) is -3.77. The molecule has 1 aliphatic rings. The molecule has 0 radical (unpaired) electrons. The van der Waals surface area contributed by atoms with Crippen LogP contribution in [0.25, 0.3) is 0 Å². The van der Waals surface area contributed by atoms with Gasteiger partial charge in [-0.15, -0.1) is 0 Å². The highest BCUT2D eigenvalue weighted by atomic mass is 35.6. The normalized spacial score (nSPS) is 15.5. The number of hydrogen-bond acceptors (Lipinski definition) is 6. The van der Waals surface area contributed by atoms with E-state index < -0.39 is 41.4 Å². The average molecular weight is 472 g/mol. The number of carbonyl (C=O) groups excluding carboxylic acids is 3. The Morgan fingerprint density at radius 2 is 1.57 bits per heavy atom. The van der Waals surface area contributed by atoms with Crippen LogP contribution in [0.5, 0.6) is 0 Å². The third-order valence-electron chi connectivity index (χ3n) is 3.72. The average Bonchev–Trinajstić information content (AvgIpc) is 2.84. The fraction of sp³-hybridized carbons (Fsp3) is 0.438.